The third kappa shape index (κ3) is 3.69. The topological polar surface area (TPSA) is 68.4 Å². The van der Waals surface area contributed by atoms with Crippen molar-refractivity contribution in [2.45, 2.75) is 0 Å². The van der Waals surface area contributed by atoms with Gasteiger partial charge in [-0.25, -0.2) is 9.18 Å². The molecule has 2 aromatic rings. The van der Waals surface area contributed by atoms with Gasteiger partial charge in [-0.15, -0.1) is 0 Å². The van der Waals surface area contributed by atoms with Gasteiger partial charge in [0.2, 0.25) is 5.78 Å². The Kier molecular flexibility index (Phi) is 4.74. The molecule has 0 aliphatic rings. The summed E-state index contributed by atoms with van der Waals surface area (Å²) in [6.07, 6.45) is 1.56. The molecule has 5 nitrogen and oxygen atoms in total. The molecule has 1 heterocycles. The minimum absolute atomic E-state index is 0.0259. The summed E-state index contributed by atoms with van der Waals surface area (Å²) in [5.41, 5.74) is 0.235. The van der Waals surface area contributed by atoms with Crippen LogP contribution in [-0.4, -0.2) is 30.5 Å². The van der Waals surface area contributed by atoms with Crippen LogP contribution < -0.4 is 4.74 Å². The van der Waals surface area contributed by atoms with Gasteiger partial charge in [-0.3, -0.25) is 4.79 Å². The zero-order chi connectivity index (χ0) is 15.4. The number of aromatic amines is 1. The van der Waals surface area contributed by atoms with E-state index in [0.29, 0.717) is 4.47 Å². The number of benzene rings is 1. The van der Waals surface area contributed by atoms with Crippen LogP contribution in [0.1, 0.15) is 20.8 Å². The van der Waals surface area contributed by atoms with Gasteiger partial charge in [0.15, 0.2) is 6.61 Å². The van der Waals surface area contributed by atoms with Crippen LogP contribution in [0.2, 0.25) is 0 Å². The summed E-state index contributed by atoms with van der Waals surface area (Å²) in [6.45, 7) is -0.505. The average molecular weight is 356 g/mol. The first-order valence-corrected chi connectivity index (χ1v) is 6.68. The standard InChI is InChI=1S/C14H11BrFNO4/c1-20-13-3-2-9(16)5-10(13)12(18)7-21-14(19)11-4-8(15)6-17-11/h2-6,17H,7H2,1H3. The van der Waals surface area contributed by atoms with Crippen LogP contribution in [0.5, 0.6) is 5.75 Å². The van der Waals surface area contributed by atoms with Crippen molar-refractivity contribution in [1.29, 1.82) is 0 Å². The maximum atomic E-state index is 13.2. The number of hydrogen-bond donors (Lipinski definition) is 1. The second-order valence-electron chi connectivity index (χ2n) is 4.08. The largest absolute Gasteiger partial charge is 0.496 e. The molecule has 0 bridgehead atoms. The Hall–Kier alpha value is -2.15. The molecule has 1 N–H and O–H groups in total. The van der Waals surface area contributed by atoms with Crippen molar-refractivity contribution in [3.8, 4) is 5.75 Å². The summed E-state index contributed by atoms with van der Waals surface area (Å²) < 4.78 is 23.7. The van der Waals surface area contributed by atoms with Crippen molar-refractivity contribution in [3.63, 3.8) is 0 Å². The van der Waals surface area contributed by atoms with E-state index in [2.05, 4.69) is 20.9 Å². The van der Waals surface area contributed by atoms with Crippen molar-refractivity contribution in [2.24, 2.45) is 0 Å². The van der Waals surface area contributed by atoms with Crippen LogP contribution >= 0.6 is 15.9 Å². The van der Waals surface area contributed by atoms with Crippen LogP contribution in [0.3, 0.4) is 0 Å². The van der Waals surface area contributed by atoms with E-state index in [9.17, 15) is 14.0 Å². The summed E-state index contributed by atoms with van der Waals surface area (Å²) in [6, 6.07) is 5.08. The van der Waals surface area contributed by atoms with Gasteiger partial charge in [-0.2, -0.15) is 0 Å². The van der Waals surface area contributed by atoms with Gasteiger partial charge in [-0.1, -0.05) is 0 Å². The molecule has 0 aliphatic heterocycles. The number of carbonyl (C=O) groups excluding carboxylic acids is 2. The van der Waals surface area contributed by atoms with Crippen molar-refractivity contribution in [3.05, 3.63) is 52.0 Å². The Bertz CT molecular complexity index is 683. The predicted molar refractivity (Wildman–Crippen MR) is 76.1 cm³/mol. The van der Waals surface area contributed by atoms with Crippen molar-refractivity contribution < 1.29 is 23.5 Å². The lowest BCUT2D eigenvalue weighted by Gasteiger charge is -2.08. The maximum absolute atomic E-state index is 13.2. The van der Waals surface area contributed by atoms with E-state index in [1.807, 2.05) is 0 Å². The Morgan fingerprint density at radius 2 is 2.10 bits per heavy atom. The van der Waals surface area contributed by atoms with Crippen LogP contribution in [0.25, 0.3) is 0 Å². The fourth-order valence-electron chi connectivity index (χ4n) is 1.67. The van der Waals surface area contributed by atoms with Crippen LogP contribution in [0.15, 0.2) is 34.9 Å². The quantitative estimate of drug-likeness (QED) is 0.661. The highest BCUT2D eigenvalue weighted by Crippen LogP contribution is 2.20. The van der Waals surface area contributed by atoms with Crippen molar-refractivity contribution >= 4 is 27.7 Å². The second-order valence-corrected chi connectivity index (χ2v) is 4.99. The van der Waals surface area contributed by atoms with Gasteiger partial charge in [-0.05, 0) is 40.2 Å². The minimum Gasteiger partial charge on any atom is -0.496 e. The molecule has 7 heteroatoms. The summed E-state index contributed by atoms with van der Waals surface area (Å²) in [4.78, 5) is 26.3. The lowest BCUT2D eigenvalue weighted by molar-refractivity contribution is 0.0468. The SMILES string of the molecule is COc1ccc(F)cc1C(=O)COC(=O)c1cc(Br)c[nH]1. The molecule has 21 heavy (non-hydrogen) atoms. The smallest absolute Gasteiger partial charge is 0.355 e. The Labute approximate surface area is 128 Å². The highest BCUT2D eigenvalue weighted by atomic mass is 79.9. The lowest BCUT2D eigenvalue weighted by atomic mass is 10.1. The first kappa shape index (κ1) is 15.2. The highest BCUT2D eigenvalue weighted by molar-refractivity contribution is 9.10. The molecule has 0 saturated carbocycles. The van der Waals surface area contributed by atoms with Gasteiger partial charge in [0, 0.05) is 10.7 Å². The summed E-state index contributed by atoms with van der Waals surface area (Å²) in [5.74, 6) is -1.58. The highest BCUT2D eigenvalue weighted by Gasteiger charge is 2.17. The van der Waals surface area contributed by atoms with E-state index in [-0.39, 0.29) is 17.0 Å². The molecule has 0 atom stereocenters. The molecule has 1 aromatic carbocycles. The number of nitrogens with one attached hydrogen (secondary N) is 1. The number of methoxy groups -OCH3 is 1. The molecule has 0 radical (unpaired) electrons. The molecule has 0 fully saturated rings. The molecule has 0 spiro atoms. The number of Topliss-reactive ketones (excluding diaryl/α,β-unsaturated/α-hetero) is 1. The number of ether oxygens (including phenoxy) is 2. The van der Waals surface area contributed by atoms with Crippen LogP contribution in [0, 0.1) is 5.82 Å². The Balaban J connectivity index is 2.05. The lowest BCUT2D eigenvalue weighted by Crippen LogP contribution is -2.15. The predicted octanol–water partition coefficient (Wildman–Crippen LogP) is 2.96. The van der Waals surface area contributed by atoms with Gasteiger partial charge in [0.25, 0.3) is 0 Å². The molecule has 0 unspecified atom stereocenters. The molecular weight excluding hydrogens is 345 g/mol. The zero-order valence-electron chi connectivity index (χ0n) is 11.0. The summed E-state index contributed by atoms with van der Waals surface area (Å²) >= 11 is 3.18. The molecule has 1 aromatic heterocycles. The maximum Gasteiger partial charge on any atom is 0.355 e. The molecule has 0 aliphatic carbocycles. The number of aromatic nitrogens is 1. The first-order valence-electron chi connectivity index (χ1n) is 5.89. The van der Waals surface area contributed by atoms with E-state index in [0.717, 1.165) is 6.07 Å². The van der Waals surface area contributed by atoms with Crippen molar-refractivity contribution in [2.75, 3.05) is 13.7 Å². The normalized spacial score (nSPS) is 10.2. The second kappa shape index (κ2) is 6.53. The fraction of sp³-hybridized carbons (Fsp3) is 0.143. The monoisotopic (exact) mass is 355 g/mol. The molecular formula is C14H11BrFNO4. The number of hydrogen-bond acceptors (Lipinski definition) is 4. The molecule has 110 valence electrons. The Morgan fingerprint density at radius 1 is 1.33 bits per heavy atom. The average Bonchev–Trinajstić information content (AvgIpc) is 2.91. The minimum atomic E-state index is -0.676. The number of halogens is 2. The first-order chi connectivity index (χ1) is 10.0. The van der Waals surface area contributed by atoms with E-state index in [4.69, 9.17) is 9.47 Å². The number of H-pyrrole nitrogens is 1. The fourth-order valence-corrected chi connectivity index (χ4v) is 2.01. The van der Waals surface area contributed by atoms with E-state index in [1.165, 1.54) is 25.3 Å². The number of rotatable bonds is 5. The summed E-state index contributed by atoms with van der Waals surface area (Å²) in [5, 5.41) is 0. The van der Waals surface area contributed by atoms with E-state index in [1.54, 1.807) is 6.20 Å². The van der Waals surface area contributed by atoms with Crippen LogP contribution in [0.4, 0.5) is 4.39 Å². The summed E-state index contributed by atoms with van der Waals surface area (Å²) in [7, 11) is 1.37. The van der Waals surface area contributed by atoms with Gasteiger partial charge >= 0.3 is 5.97 Å². The molecule has 0 amide bonds. The number of carbonyl (C=O) groups is 2. The van der Waals surface area contributed by atoms with Gasteiger partial charge in [0.05, 0.1) is 12.7 Å². The van der Waals surface area contributed by atoms with Gasteiger partial charge in [0.1, 0.15) is 17.3 Å². The van der Waals surface area contributed by atoms with Crippen molar-refractivity contribution in [1.82, 2.24) is 4.98 Å². The zero-order valence-corrected chi connectivity index (χ0v) is 12.6. The number of ketones is 1. The Morgan fingerprint density at radius 3 is 2.71 bits per heavy atom. The molecule has 0 saturated heterocycles. The van der Waals surface area contributed by atoms with E-state index < -0.39 is 24.2 Å². The third-order valence-electron chi connectivity index (χ3n) is 2.66. The molecule has 2 rings (SSSR count). The van der Waals surface area contributed by atoms with Gasteiger partial charge < -0.3 is 14.5 Å². The number of esters is 1. The third-order valence-corrected chi connectivity index (χ3v) is 3.12. The van der Waals surface area contributed by atoms with Crippen LogP contribution in [-0.2, 0) is 4.74 Å². The van der Waals surface area contributed by atoms with E-state index >= 15 is 0 Å².